The molecule has 0 radical (unpaired) electrons. The zero-order valence-corrected chi connectivity index (χ0v) is 13.5. The molecule has 0 fully saturated rings. The lowest BCUT2D eigenvalue weighted by Gasteiger charge is -2.24. The fourth-order valence-electron chi connectivity index (χ4n) is 2.51. The number of halogens is 1. The van der Waals surface area contributed by atoms with Crippen LogP contribution in [-0.4, -0.2) is 36.4 Å². The summed E-state index contributed by atoms with van der Waals surface area (Å²) in [5.74, 6) is -0.449. The topological polar surface area (TPSA) is 45.2 Å². The van der Waals surface area contributed by atoms with E-state index in [2.05, 4.69) is 10.3 Å². The van der Waals surface area contributed by atoms with Crippen LogP contribution in [0.5, 0.6) is 0 Å². The summed E-state index contributed by atoms with van der Waals surface area (Å²) in [5, 5.41) is 2.93. The van der Waals surface area contributed by atoms with Crippen LogP contribution >= 0.6 is 0 Å². The van der Waals surface area contributed by atoms with E-state index in [1.165, 1.54) is 17.7 Å². The number of pyridine rings is 1. The quantitative estimate of drug-likeness (QED) is 0.799. The Hall–Kier alpha value is -2.27. The van der Waals surface area contributed by atoms with E-state index in [9.17, 15) is 9.18 Å². The van der Waals surface area contributed by atoms with Crippen molar-refractivity contribution in [3.05, 3.63) is 65.7 Å². The summed E-state index contributed by atoms with van der Waals surface area (Å²) in [6, 6.07) is 9.62. The predicted molar refractivity (Wildman–Crippen MR) is 88.4 cm³/mol. The predicted octanol–water partition coefficient (Wildman–Crippen LogP) is 2.57. The van der Waals surface area contributed by atoms with Crippen molar-refractivity contribution in [2.24, 2.45) is 0 Å². The summed E-state index contributed by atoms with van der Waals surface area (Å²) in [4.78, 5) is 18.2. The van der Waals surface area contributed by atoms with E-state index in [0.717, 1.165) is 12.8 Å². The van der Waals surface area contributed by atoms with Crippen LogP contribution in [0.1, 0.15) is 23.6 Å². The van der Waals surface area contributed by atoms with Crippen LogP contribution in [0.2, 0.25) is 0 Å². The highest BCUT2D eigenvalue weighted by Crippen LogP contribution is 2.19. The lowest BCUT2D eigenvalue weighted by Crippen LogP contribution is -2.37. The molecular formula is C18H22FN3O. The summed E-state index contributed by atoms with van der Waals surface area (Å²) in [5.41, 5.74) is 1.85. The third-order valence-electron chi connectivity index (χ3n) is 3.62. The molecule has 1 heterocycles. The summed E-state index contributed by atoms with van der Waals surface area (Å²) in [7, 11) is 3.62. The van der Waals surface area contributed by atoms with E-state index in [1.807, 2.05) is 26.2 Å². The number of carbonyl (C=O) groups is 1. The fourth-order valence-corrected chi connectivity index (χ4v) is 2.51. The minimum atomic E-state index is -0.494. The maximum absolute atomic E-state index is 13.4. The van der Waals surface area contributed by atoms with Gasteiger partial charge in [-0.3, -0.25) is 14.7 Å². The molecule has 0 aliphatic carbocycles. The smallest absolute Gasteiger partial charge is 0.241 e. The van der Waals surface area contributed by atoms with Crippen LogP contribution in [0.3, 0.4) is 0 Å². The van der Waals surface area contributed by atoms with Gasteiger partial charge < -0.3 is 5.32 Å². The highest BCUT2D eigenvalue weighted by molar-refractivity contribution is 5.83. The Bertz CT molecular complexity index is 631. The number of carbonyl (C=O) groups excluding carboxylic acids is 1. The van der Waals surface area contributed by atoms with Gasteiger partial charge in [-0.1, -0.05) is 12.1 Å². The minimum absolute atomic E-state index is 0.115. The molecule has 5 heteroatoms. The van der Waals surface area contributed by atoms with Gasteiger partial charge >= 0.3 is 0 Å². The lowest BCUT2D eigenvalue weighted by atomic mass is 10.0. The molecule has 122 valence electrons. The van der Waals surface area contributed by atoms with Crippen LogP contribution in [0.15, 0.2) is 48.8 Å². The molecule has 0 bridgehead atoms. The number of benzene rings is 1. The van der Waals surface area contributed by atoms with Gasteiger partial charge in [0.15, 0.2) is 0 Å². The van der Waals surface area contributed by atoms with Crippen molar-refractivity contribution in [1.29, 1.82) is 0 Å². The zero-order chi connectivity index (χ0) is 16.7. The highest BCUT2D eigenvalue weighted by Gasteiger charge is 2.22. The average Bonchev–Trinajstić information content (AvgIpc) is 2.52. The first-order valence-electron chi connectivity index (χ1n) is 7.66. The Kier molecular flexibility index (Phi) is 6.23. The number of rotatable bonds is 7. The van der Waals surface area contributed by atoms with Crippen LogP contribution in [0.4, 0.5) is 4.39 Å². The number of nitrogens with one attached hydrogen (secondary N) is 1. The second kappa shape index (κ2) is 8.39. The summed E-state index contributed by atoms with van der Waals surface area (Å²) in [6.07, 6.45) is 5.26. The molecule has 4 nitrogen and oxygen atoms in total. The first-order valence-corrected chi connectivity index (χ1v) is 7.66. The molecule has 0 unspecified atom stereocenters. The molecule has 0 spiro atoms. The SMILES string of the molecule is CN(C)[C@@H](C(=O)NCCCc1ccncc1)c1cccc(F)c1. The largest absolute Gasteiger partial charge is 0.354 e. The van der Waals surface area contributed by atoms with Gasteiger partial charge in [0.1, 0.15) is 11.9 Å². The second-order valence-corrected chi connectivity index (χ2v) is 5.67. The van der Waals surface area contributed by atoms with E-state index in [0.29, 0.717) is 12.1 Å². The number of aromatic nitrogens is 1. The first kappa shape index (κ1) is 17.1. The third-order valence-corrected chi connectivity index (χ3v) is 3.62. The van der Waals surface area contributed by atoms with Crippen molar-refractivity contribution in [1.82, 2.24) is 15.2 Å². The van der Waals surface area contributed by atoms with Crippen molar-refractivity contribution in [2.75, 3.05) is 20.6 Å². The van der Waals surface area contributed by atoms with Gasteiger partial charge in [0.05, 0.1) is 0 Å². The molecule has 1 amide bonds. The van der Waals surface area contributed by atoms with E-state index in [-0.39, 0.29) is 11.7 Å². The number of hydrogen-bond acceptors (Lipinski definition) is 3. The minimum Gasteiger partial charge on any atom is -0.354 e. The van der Waals surface area contributed by atoms with E-state index in [1.54, 1.807) is 29.4 Å². The van der Waals surface area contributed by atoms with Crippen LogP contribution in [0, 0.1) is 5.82 Å². The van der Waals surface area contributed by atoms with Gasteiger partial charge in [-0.25, -0.2) is 4.39 Å². The molecule has 0 saturated heterocycles. The molecule has 1 aromatic heterocycles. The maximum atomic E-state index is 13.4. The Labute approximate surface area is 136 Å². The van der Waals surface area contributed by atoms with Crippen LogP contribution in [-0.2, 0) is 11.2 Å². The summed E-state index contributed by atoms with van der Waals surface area (Å²) >= 11 is 0. The number of likely N-dealkylation sites (N-methyl/N-ethyl adjacent to an activating group) is 1. The van der Waals surface area contributed by atoms with Gasteiger partial charge in [0.2, 0.25) is 5.91 Å². The highest BCUT2D eigenvalue weighted by atomic mass is 19.1. The molecular weight excluding hydrogens is 293 g/mol. The van der Waals surface area contributed by atoms with Crippen molar-refractivity contribution < 1.29 is 9.18 Å². The number of aryl methyl sites for hydroxylation is 1. The molecule has 0 aliphatic heterocycles. The zero-order valence-electron chi connectivity index (χ0n) is 13.5. The normalized spacial score (nSPS) is 12.2. The van der Waals surface area contributed by atoms with E-state index in [4.69, 9.17) is 0 Å². The number of nitrogens with zero attached hydrogens (tertiary/aromatic N) is 2. The first-order chi connectivity index (χ1) is 11.1. The summed E-state index contributed by atoms with van der Waals surface area (Å²) < 4.78 is 13.4. The molecule has 0 aliphatic rings. The van der Waals surface area contributed by atoms with Crippen molar-refractivity contribution >= 4 is 5.91 Å². The monoisotopic (exact) mass is 315 g/mol. The van der Waals surface area contributed by atoms with Gasteiger partial charge in [0, 0.05) is 18.9 Å². The van der Waals surface area contributed by atoms with Gasteiger partial charge in [-0.2, -0.15) is 0 Å². The molecule has 0 saturated carbocycles. The van der Waals surface area contributed by atoms with E-state index < -0.39 is 6.04 Å². The standard InChI is InChI=1S/C18H22FN3O/c1-22(2)17(15-6-3-7-16(19)13-15)18(23)21-10-4-5-14-8-11-20-12-9-14/h3,6-9,11-13,17H,4-5,10H2,1-2H3,(H,21,23)/t17-/m1/s1. The second-order valence-electron chi connectivity index (χ2n) is 5.67. The average molecular weight is 315 g/mol. The Morgan fingerprint density at radius 3 is 2.65 bits per heavy atom. The van der Waals surface area contributed by atoms with Crippen LogP contribution < -0.4 is 5.32 Å². The molecule has 23 heavy (non-hydrogen) atoms. The van der Waals surface area contributed by atoms with Gasteiger partial charge in [-0.05, 0) is 62.3 Å². The van der Waals surface area contributed by atoms with Crippen molar-refractivity contribution in [3.63, 3.8) is 0 Å². The molecule has 1 N–H and O–H groups in total. The lowest BCUT2D eigenvalue weighted by molar-refractivity contribution is -0.125. The molecule has 2 rings (SSSR count). The Morgan fingerprint density at radius 2 is 2.00 bits per heavy atom. The fraction of sp³-hybridized carbons (Fsp3) is 0.333. The maximum Gasteiger partial charge on any atom is 0.241 e. The van der Waals surface area contributed by atoms with E-state index >= 15 is 0 Å². The molecule has 2 aromatic rings. The third kappa shape index (κ3) is 5.14. The van der Waals surface area contributed by atoms with Crippen LogP contribution in [0.25, 0.3) is 0 Å². The summed E-state index contributed by atoms with van der Waals surface area (Å²) in [6.45, 7) is 0.584. The number of amides is 1. The number of hydrogen-bond donors (Lipinski definition) is 1. The molecule has 1 aromatic carbocycles. The Balaban J connectivity index is 1.89. The van der Waals surface area contributed by atoms with Crippen molar-refractivity contribution in [2.45, 2.75) is 18.9 Å². The van der Waals surface area contributed by atoms with Gasteiger partial charge in [0.25, 0.3) is 0 Å². The Morgan fingerprint density at radius 1 is 1.26 bits per heavy atom. The van der Waals surface area contributed by atoms with Gasteiger partial charge in [-0.15, -0.1) is 0 Å². The molecule has 1 atom stereocenters. The van der Waals surface area contributed by atoms with Crippen molar-refractivity contribution in [3.8, 4) is 0 Å².